The van der Waals surface area contributed by atoms with Crippen LogP contribution < -0.4 is 5.32 Å². The van der Waals surface area contributed by atoms with Crippen LogP contribution in [0.3, 0.4) is 0 Å². The second-order valence-electron chi connectivity index (χ2n) is 5.18. The van der Waals surface area contributed by atoms with Crippen LogP contribution in [-0.4, -0.2) is 27.4 Å². The van der Waals surface area contributed by atoms with Gasteiger partial charge in [0.05, 0.1) is 16.8 Å². The molecule has 0 aliphatic carbocycles. The molecule has 1 aromatic heterocycles. The zero-order valence-electron chi connectivity index (χ0n) is 12.8. The standard InChI is InChI=1S/C17H14ClN3O2S/c1-10(22)11-3-2-4-13(7-11)19-16(23)9-24-17-20-14-6-5-12(18)8-15(14)21-17/h2-8H,9H2,1H3,(H,19,23)(H,20,21). The molecule has 0 fully saturated rings. The van der Waals surface area contributed by atoms with Crippen LogP contribution >= 0.6 is 23.4 Å². The second kappa shape index (κ2) is 7.07. The Kier molecular flexibility index (Phi) is 4.87. The van der Waals surface area contributed by atoms with Crippen molar-refractivity contribution in [3.63, 3.8) is 0 Å². The van der Waals surface area contributed by atoms with Crippen molar-refractivity contribution in [2.45, 2.75) is 12.1 Å². The molecule has 0 bridgehead atoms. The minimum Gasteiger partial charge on any atom is -0.333 e. The normalized spacial score (nSPS) is 10.8. The third-order valence-corrected chi connectivity index (χ3v) is 4.42. The number of halogens is 1. The van der Waals surface area contributed by atoms with Crippen LogP contribution in [0, 0.1) is 0 Å². The molecule has 0 aliphatic rings. The minimum atomic E-state index is -0.167. The Morgan fingerprint density at radius 1 is 1.25 bits per heavy atom. The summed E-state index contributed by atoms with van der Waals surface area (Å²) >= 11 is 7.24. The molecule has 0 spiro atoms. The van der Waals surface area contributed by atoms with Gasteiger partial charge in [0.2, 0.25) is 5.91 Å². The van der Waals surface area contributed by atoms with Gasteiger partial charge in [0.15, 0.2) is 10.9 Å². The molecule has 3 rings (SSSR count). The molecule has 3 aromatic rings. The number of carbonyl (C=O) groups is 2. The molecule has 7 heteroatoms. The van der Waals surface area contributed by atoms with Crippen LogP contribution in [0.4, 0.5) is 5.69 Å². The first-order chi connectivity index (χ1) is 11.5. The van der Waals surface area contributed by atoms with Gasteiger partial charge in [-0.15, -0.1) is 0 Å². The summed E-state index contributed by atoms with van der Waals surface area (Å²) in [5.41, 5.74) is 2.80. The maximum atomic E-state index is 12.1. The molecule has 1 heterocycles. The van der Waals surface area contributed by atoms with Crippen molar-refractivity contribution >= 4 is 51.8 Å². The summed E-state index contributed by atoms with van der Waals surface area (Å²) in [5.74, 6) is -0.00157. The highest BCUT2D eigenvalue weighted by Gasteiger charge is 2.09. The van der Waals surface area contributed by atoms with Gasteiger partial charge in [-0.1, -0.05) is 35.5 Å². The topological polar surface area (TPSA) is 74.8 Å². The van der Waals surface area contributed by atoms with Gasteiger partial charge >= 0.3 is 0 Å². The van der Waals surface area contributed by atoms with E-state index in [0.717, 1.165) is 11.0 Å². The summed E-state index contributed by atoms with van der Waals surface area (Å²) < 4.78 is 0. The van der Waals surface area contributed by atoms with Gasteiger partial charge in [-0.05, 0) is 37.3 Å². The average Bonchev–Trinajstić information content (AvgIpc) is 2.95. The SMILES string of the molecule is CC(=O)c1cccc(NC(=O)CSc2nc3ccc(Cl)cc3[nH]2)c1. The Morgan fingerprint density at radius 2 is 2.08 bits per heavy atom. The lowest BCUT2D eigenvalue weighted by Crippen LogP contribution is -2.14. The van der Waals surface area contributed by atoms with Gasteiger partial charge in [0, 0.05) is 16.3 Å². The molecule has 0 saturated heterocycles. The van der Waals surface area contributed by atoms with Crippen LogP contribution in [0.25, 0.3) is 11.0 Å². The number of amides is 1. The van der Waals surface area contributed by atoms with Gasteiger partial charge in [-0.3, -0.25) is 9.59 Å². The average molecular weight is 360 g/mol. The van der Waals surface area contributed by atoms with Crippen molar-refractivity contribution in [2.24, 2.45) is 0 Å². The number of nitrogens with zero attached hydrogens (tertiary/aromatic N) is 1. The first kappa shape index (κ1) is 16.5. The predicted molar refractivity (Wildman–Crippen MR) is 96.9 cm³/mol. The van der Waals surface area contributed by atoms with E-state index in [1.165, 1.54) is 18.7 Å². The maximum absolute atomic E-state index is 12.1. The molecule has 0 atom stereocenters. The Hall–Kier alpha value is -2.31. The fraction of sp³-hybridized carbons (Fsp3) is 0.118. The molecule has 2 aromatic carbocycles. The number of nitrogens with one attached hydrogen (secondary N) is 2. The first-order valence-corrected chi connectivity index (χ1v) is 8.56. The van der Waals surface area contributed by atoms with Crippen molar-refractivity contribution in [3.8, 4) is 0 Å². The Balaban J connectivity index is 1.62. The molecule has 1 amide bonds. The van der Waals surface area contributed by atoms with Crippen molar-refractivity contribution in [3.05, 3.63) is 53.1 Å². The van der Waals surface area contributed by atoms with E-state index in [4.69, 9.17) is 11.6 Å². The summed E-state index contributed by atoms with van der Waals surface area (Å²) in [6, 6.07) is 12.3. The van der Waals surface area contributed by atoms with E-state index >= 15 is 0 Å². The highest BCUT2D eigenvalue weighted by Crippen LogP contribution is 2.22. The molecule has 0 aliphatic heterocycles. The highest BCUT2D eigenvalue weighted by molar-refractivity contribution is 7.99. The Bertz CT molecular complexity index is 923. The predicted octanol–water partition coefficient (Wildman–Crippen LogP) is 4.15. The summed E-state index contributed by atoms with van der Waals surface area (Å²) in [5, 5.41) is 4.06. The van der Waals surface area contributed by atoms with Crippen molar-refractivity contribution in [1.82, 2.24) is 9.97 Å². The van der Waals surface area contributed by atoms with E-state index in [2.05, 4.69) is 15.3 Å². The third-order valence-electron chi connectivity index (χ3n) is 3.32. The quantitative estimate of drug-likeness (QED) is 0.530. The van der Waals surface area contributed by atoms with Gasteiger partial charge in [-0.25, -0.2) is 4.98 Å². The van der Waals surface area contributed by atoms with Crippen LogP contribution in [-0.2, 0) is 4.79 Å². The van der Waals surface area contributed by atoms with Crippen molar-refractivity contribution in [1.29, 1.82) is 0 Å². The molecule has 0 radical (unpaired) electrons. The number of thioether (sulfide) groups is 1. The van der Waals surface area contributed by atoms with E-state index < -0.39 is 0 Å². The van der Waals surface area contributed by atoms with Gasteiger partial charge < -0.3 is 10.3 Å². The summed E-state index contributed by atoms with van der Waals surface area (Å²) in [4.78, 5) is 30.9. The summed E-state index contributed by atoms with van der Waals surface area (Å²) in [6.45, 7) is 1.49. The Labute approximate surface area is 147 Å². The molecule has 0 saturated carbocycles. The number of aromatic amines is 1. The van der Waals surface area contributed by atoms with Crippen LogP contribution in [0.2, 0.25) is 5.02 Å². The van der Waals surface area contributed by atoms with Crippen LogP contribution in [0.15, 0.2) is 47.6 Å². The third kappa shape index (κ3) is 3.96. The smallest absolute Gasteiger partial charge is 0.234 e. The highest BCUT2D eigenvalue weighted by atomic mass is 35.5. The number of fused-ring (bicyclic) bond motifs is 1. The number of aromatic nitrogens is 2. The summed E-state index contributed by atoms with van der Waals surface area (Å²) in [6.07, 6.45) is 0. The van der Waals surface area contributed by atoms with Crippen LogP contribution in [0.5, 0.6) is 0 Å². The number of H-pyrrole nitrogens is 1. The maximum Gasteiger partial charge on any atom is 0.234 e. The lowest BCUT2D eigenvalue weighted by Gasteiger charge is -2.05. The van der Waals surface area contributed by atoms with Gasteiger partial charge in [-0.2, -0.15) is 0 Å². The van der Waals surface area contributed by atoms with E-state index in [9.17, 15) is 9.59 Å². The van der Waals surface area contributed by atoms with Gasteiger partial charge in [0.25, 0.3) is 0 Å². The number of carbonyl (C=O) groups excluding carboxylic acids is 2. The zero-order chi connectivity index (χ0) is 17.1. The molecule has 5 nitrogen and oxygen atoms in total. The van der Waals surface area contributed by atoms with Crippen molar-refractivity contribution < 1.29 is 9.59 Å². The van der Waals surface area contributed by atoms with E-state index in [0.29, 0.717) is 21.4 Å². The zero-order valence-corrected chi connectivity index (χ0v) is 14.4. The minimum absolute atomic E-state index is 0.0404. The molecule has 2 N–H and O–H groups in total. The number of hydrogen-bond donors (Lipinski definition) is 2. The number of Topliss-reactive ketones (excluding diaryl/α,β-unsaturated/α-hetero) is 1. The first-order valence-electron chi connectivity index (χ1n) is 7.20. The van der Waals surface area contributed by atoms with Crippen molar-refractivity contribution in [2.75, 3.05) is 11.1 Å². The second-order valence-corrected chi connectivity index (χ2v) is 6.58. The van der Waals surface area contributed by atoms with Gasteiger partial charge in [0.1, 0.15) is 0 Å². The Morgan fingerprint density at radius 3 is 2.88 bits per heavy atom. The summed E-state index contributed by atoms with van der Waals surface area (Å²) in [7, 11) is 0. The van der Waals surface area contributed by atoms with E-state index in [-0.39, 0.29) is 17.4 Å². The number of anilines is 1. The lowest BCUT2D eigenvalue weighted by molar-refractivity contribution is -0.113. The number of benzene rings is 2. The molecular weight excluding hydrogens is 346 g/mol. The molecule has 122 valence electrons. The lowest BCUT2D eigenvalue weighted by atomic mass is 10.1. The number of ketones is 1. The molecular formula is C17H14ClN3O2S. The van der Waals surface area contributed by atoms with E-state index in [1.807, 2.05) is 6.07 Å². The molecule has 24 heavy (non-hydrogen) atoms. The monoisotopic (exact) mass is 359 g/mol. The fourth-order valence-electron chi connectivity index (χ4n) is 2.17. The molecule has 0 unspecified atom stereocenters. The largest absolute Gasteiger partial charge is 0.333 e. The number of hydrogen-bond acceptors (Lipinski definition) is 4. The fourth-order valence-corrected chi connectivity index (χ4v) is 3.03. The number of imidazole rings is 1. The van der Waals surface area contributed by atoms with Crippen LogP contribution in [0.1, 0.15) is 17.3 Å². The number of rotatable bonds is 5. The van der Waals surface area contributed by atoms with E-state index in [1.54, 1.807) is 36.4 Å².